The maximum Gasteiger partial charge on any atom is 0.240 e. The number of hydrogen-bond donors (Lipinski definition) is 1. The molecule has 5 rings (SSSR count). The standard InChI is InChI=1S/C18H23F2NO2S/c1-11(18-8-12-4-13(9-18)6-14(5-12)10-18)21-24(22,23)15-2-3-16(19)17(20)7-15/h2-3,7,11-14,21H,4-6,8-10H2,1H3. The molecule has 1 aromatic rings. The van der Waals surface area contributed by atoms with E-state index in [1.54, 1.807) is 0 Å². The number of nitrogens with one attached hydrogen (secondary N) is 1. The van der Waals surface area contributed by atoms with Crippen LogP contribution in [0.15, 0.2) is 23.1 Å². The first-order valence-electron chi connectivity index (χ1n) is 8.75. The fourth-order valence-electron chi connectivity index (χ4n) is 5.78. The molecule has 4 fully saturated rings. The van der Waals surface area contributed by atoms with Gasteiger partial charge >= 0.3 is 0 Å². The van der Waals surface area contributed by atoms with Gasteiger partial charge in [0.2, 0.25) is 10.0 Å². The summed E-state index contributed by atoms with van der Waals surface area (Å²) in [5.41, 5.74) is 0.0282. The molecule has 0 spiro atoms. The van der Waals surface area contributed by atoms with Crippen LogP contribution in [0.4, 0.5) is 8.78 Å². The van der Waals surface area contributed by atoms with Crippen molar-refractivity contribution in [3.8, 4) is 0 Å². The molecule has 0 amide bonds. The van der Waals surface area contributed by atoms with Crippen molar-refractivity contribution in [2.24, 2.45) is 23.2 Å². The highest BCUT2D eigenvalue weighted by atomic mass is 32.2. The van der Waals surface area contributed by atoms with Crippen molar-refractivity contribution in [3.05, 3.63) is 29.8 Å². The van der Waals surface area contributed by atoms with E-state index in [2.05, 4.69) is 4.72 Å². The first kappa shape index (κ1) is 16.5. The number of sulfonamides is 1. The topological polar surface area (TPSA) is 46.2 Å². The molecule has 1 aromatic carbocycles. The molecule has 0 aliphatic heterocycles. The molecule has 132 valence electrons. The Balaban J connectivity index is 1.57. The minimum absolute atomic E-state index is 0.0282. The summed E-state index contributed by atoms with van der Waals surface area (Å²) in [4.78, 5) is -0.210. The van der Waals surface area contributed by atoms with Gasteiger partial charge in [0, 0.05) is 6.04 Å². The van der Waals surface area contributed by atoms with Crippen LogP contribution in [0.25, 0.3) is 0 Å². The van der Waals surface area contributed by atoms with E-state index in [0.717, 1.165) is 55.2 Å². The van der Waals surface area contributed by atoms with E-state index >= 15 is 0 Å². The largest absolute Gasteiger partial charge is 0.240 e. The van der Waals surface area contributed by atoms with E-state index < -0.39 is 21.7 Å². The quantitative estimate of drug-likeness (QED) is 0.892. The van der Waals surface area contributed by atoms with Gasteiger partial charge in [0.15, 0.2) is 11.6 Å². The smallest absolute Gasteiger partial charge is 0.208 e. The fraction of sp³-hybridized carbons (Fsp3) is 0.667. The van der Waals surface area contributed by atoms with Gasteiger partial charge in [0.1, 0.15) is 0 Å². The summed E-state index contributed by atoms with van der Waals surface area (Å²) < 4.78 is 54.4. The Morgan fingerprint density at radius 2 is 1.58 bits per heavy atom. The van der Waals surface area contributed by atoms with Crippen LogP contribution >= 0.6 is 0 Å². The maximum absolute atomic E-state index is 13.4. The molecular weight excluding hydrogens is 332 g/mol. The van der Waals surface area contributed by atoms with Crippen LogP contribution in [0, 0.1) is 34.8 Å². The lowest BCUT2D eigenvalue weighted by atomic mass is 9.48. The third kappa shape index (κ3) is 2.68. The molecule has 24 heavy (non-hydrogen) atoms. The highest BCUT2D eigenvalue weighted by Gasteiger charge is 2.53. The van der Waals surface area contributed by atoms with E-state index in [9.17, 15) is 17.2 Å². The molecule has 0 saturated heterocycles. The summed E-state index contributed by atoms with van der Waals surface area (Å²) in [5.74, 6) is 0.00724. The minimum Gasteiger partial charge on any atom is -0.208 e. The highest BCUT2D eigenvalue weighted by molar-refractivity contribution is 7.89. The molecule has 4 aliphatic carbocycles. The van der Waals surface area contributed by atoms with Gasteiger partial charge in [-0.15, -0.1) is 0 Å². The van der Waals surface area contributed by atoms with Crippen LogP contribution < -0.4 is 4.72 Å². The Hall–Kier alpha value is -1.01. The Morgan fingerprint density at radius 3 is 2.08 bits per heavy atom. The summed E-state index contributed by atoms with van der Waals surface area (Å²) in [6, 6.07) is 2.54. The van der Waals surface area contributed by atoms with E-state index in [0.29, 0.717) is 0 Å². The molecule has 3 nitrogen and oxygen atoms in total. The molecule has 0 heterocycles. The number of benzene rings is 1. The highest BCUT2D eigenvalue weighted by Crippen LogP contribution is 2.61. The summed E-state index contributed by atoms with van der Waals surface area (Å²) in [5, 5.41) is 0. The average Bonchev–Trinajstić information content (AvgIpc) is 2.48. The third-order valence-electron chi connectivity index (χ3n) is 6.54. The molecule has 0 radical (unpaired) electrons. The van der Waals surface area contributed by atoms with Gasteiger partial charge < -0.3 is 0 Å². The van der Waals surface area contributed by atoms with Gasteiger partial charge in [0.25, 0.3) is 0 Å². The predicted molar refractivity (Wildman–Crippen MR) is 86.7 cm³/mol. The first-order valence-corrected chi connectivity index (χ1v) is 10.2. The molecule has 4 bridgehead atoms. The summed E-state index contributed by atoms with van der Waals surface area (Å²) in [6.45, 7) is 1.94. The van der Waals surface area contributed by atoms with Crippen LogP contribution in [-0.4, -0.2) is 14.5 Å². The summed E-state index contributed by atoms with van der Waals surface area (Å²) in [6.07, 6.45) is 7.13. The van der Waals surface area contributed by atoms with Crippen molar-refractivity contribution in [1.29, 1.82) is 0 Å². The van der Waals surface area contributed by atoms with Crippen molar-refractivity contribution >= 4 is 10.0 Å². The van der Waals surface area contributed by atoms with E-state index in [1.807, 2.05) is 6.92 Å². The minimum atomic E-state index is -3.85. The SMILES string of the molecule is CC(NS(=O)(=O)c1ccc(F)c(F)c1)C12CC3CC(CC(C3)C1)C2. The molecule has 1 N–H and O–H groups in total. The first-order chi connectivity index (χ1) is 11.3. The molecule has 4 aliphatic rings. The second kappa shape index (κ2) is 5.49. The zero-order valence-electron chi connectivity index (χ0n) is 13.8. The van der Waals surface area contributed by atoms with E-state index in [4.69, 9.17) is 0 Å². The maximum atomic E-state index is 13.4. The number of halogens is 2. The molecule has 6 heteroatoms. The zero-order valence-corrected chi connectivity index (χ0v) is 14.6. The van der Waals surface area contributed by atoms with Crippen LogP contribution in [-0.2, 0) is 10.0 Å². The normalized spacial score (nSPS) is 36.0. The Kier molecular flexibility index (Phi) is 3.77. The zero-order chi connectivity index (χ0) is 17.1. The van der Waals surface area contributed by atoms with Crippen molar-refractivity contribution in [1.82, 2.24) is 4.72 Å². The lowest BCUT2D eigenvalue weighted by Gasteiger charge is -2.59. The summed E-state index contributed by atoms with van der Waals surface area (Å²) >= 11 is 0. The van der Waals surface area contributed by atoms with Gasteiger partial charge in [-0.3, -0.25) is 0 Å². The van der Waals surface area contributed by atoms with Crippen LogP contribution in [0.2, 0.25) is 0 Å². The monoisotopic (exact) mass is 355 g/mol. The molecular formula is C18H23F2NO2S. The lowest BCUT2D eigenvalue weighted by Crippen LogP contribution is -2.55. The second-order valence-electron chi connectivity index (χ2n) is 8.20. The van der Waals surface area contributed by atoms with Crippen LogP contribution in [0.1, 0.15) is 45.4 Å². The number of rotatable bonds is 4. The van der Waals surface area contributed by atoms with Crippen LogP contribution in [0.3, 0.4) is 0 Å². The Labute approximate surface area is 141 Å². The van der Waals surface area contributed by atoms with Gasteiger partial charge in [-0.1, -0.05) is 0 Å². The van der Waals surface area contributed by atoms with Gasteiger partial charge in [-0.25, -0.2) is 21.9 Å². The second-order valence-corrected chi connectivity index (χ2v) is 9.91. The molecule has 1 unspecified atom stereocenters. The Bertz CT molecular complexity index is 727. The van der Waals surface area contributed by atoms with Gasteiger partial charge in [-0.2, -0.15) is 0 Å². The number of hydrogen-bond acceptors (Lipinski definition) is 2. The summed E-state index contributed by atoms with van der Waals surface area (Å²) in [7, 11) is -3.85. The average molecular weight is 355 g/mol. The van der Waals surface area contributed by atoms with Crippen molar-refractivity contribution < 1.29 is 17.2 Å². The van der Waals surface area contributed by atoms with Crippen molar-refractivity contribution in [2.45, 2.75) is 56.4 Å². The lowest BCUT2D eigenvalue weighted by molar-refractivity contribution is -0.0666. The van der Waals surface area contributed by atoms with Gasteiger partial charge in [-0.05, 0) is 86.8 Å². The predicted octanol–water partition coefficient (Wildman–Crippen LogP) is 3.85. The van der Waals surface area contributed by atoms with E-state index in [-0.39, 0.29) is 16.4 Å². The fourth-order valence-corrected chi connectivity index (χ4v) is 7.14. The van der Waals surface area contributed by atoms with Crippen molar-refractivity contribution in [3.63, 3.8) is 0 Å². The van der Waals surface area contributed by atoms with E-state index in [1.165, 1.54) is 19.3 Å². The third-order valence-corrected chi connectivity index (χ3v) is 8.08. The Morgan fingerprint density at radius 1 is 1.04 bits per heavy atom. The molecule has 4 saturated carbocycles. The molecule has 0 aromatic heterocycles. The van der Waals surface area contributed by atoms with Crippen LogP contribution in [0.5, 0.6) is 0 Å². The van der Waals surface area contributed by atoms with Gasteiger partial charge in [0.05, 0.1) is 4.90 Å². The van der Waals surface area contributed by atoms with Crippen molar-refractivity contribution in [2.75, 3.05) is 0 Å². The molecule has 1 atom stereocenters.